The summed E-state index contributed by atoms with van der Waals surface area (Å²) >= 11 is 11.9. The van der Waals surface area contributed by atoms with Crippen molar-refractivity contribution in [3.63, 3.8) is 0 Å². The Morgan fingerprint density at radius 1 is 1.07 bits per heavy atom. The van der Waals surface area contributed by atoms with Gasteiger partial charge in [0.25, 0.3) is 5.89 Å². The number of hydrogen-bond acceptors (Lipinski definition) is 6. The Labute approximate surface area is 158 Å². The molecule has 1 aromatic carbocycles. The van der Waals surface area contributed by atoms with Gasteiger partial charge in [0.15, 0.2) is 11.3 Å². The van der Waals surface area contributed by atoms with Gasteiger partial charge in [0.1, 0.15) is 11.4 Å². The number of aromatic nitrogens is 5. The normalized spacial score (nSPS) is 12.0. The molecular weight excluding hydrogens is 410 g/mol. The molecule has 4 aromatic rings. The van der Waals surface area contributed by atoms with E-state index in [0.29, 0.717) is 5.56 Å². The van der Waals surface area contributed by atoms with Crippen LogP contribution in [0.1, 0.15) is 5.69 Å². The lowest BCUT2D eigenvalue weighted by Crippen LogP contribution is -2.10. The number of aromatic hydroxyl groups is 1. The third-order valence-electron chi connectivity index (χ3n) is 3.53. The Kier molecular flexibility index (Phi) is 3.97. The minimum absolute atomic E-state index is 0.0392. The summed E-state index contributed by atoms with van der Waals surface area (Å²) in [5.74, 6) is -0.191. The second-order valence-electron chi connectivity index (χ2n) is 5.35. The molecule has 0 radical (unpaired) electrons. The van der Waals surface area contributed by atoms with E-state index in [0.717, 1.165) is 10.6 Å². The molecule has 27 heavy (non-hydrogen) atoms. The summed E-state index contributed by atoms with van der Waals surface area (Å²) in [5, 5.41) is 16.9. The van der Waals surface area contributed by atoms with Crippen LogP contribution in [0.25, 0.3) is 28.6 Å². The summed E-state index contributed by atoms with van der Waals surface area (Å²) in [5.41, 5.74) is -0.462. The molecule has 7 nitrogen and oxygen atoms in total. The lowest BCUT2D eigenvalue weighted by Gasteiger charge is -2.04. The van der Waals surface area contributed by atoms with Gasteiger partial charge >= 0.3 is 6.18 Å². The van der Waals surface area contributed by atoms with Crippen molar-refractivity contribution < 1.29 is 22.8 Å². The zero-order chi connectivity index (χ0) is 19.3. The largest absolute Gasteiger partial charge is 0.506 e. The van der Waals surface area contributed by atoms with E-state index in [1.807, 2.05) is 0 Å². The van der Waals surface area contributed by atoms with E-state index < -0.39 is 11.9 Å². The zero-order valence-electron chi connectivity index (χ0n) is 12.9. The summed E-state index contributed by atoms with van der Waals surface area (Å²) in [4.78, 5) is 8.23. The molecule has 1 N–H and O–H groups in total. The van der Waals surface area contributed by atoms with Crippen molar-refractivity contribution >= 4 is 28.8 Å². The first-order chi connectivity index (χ1) is 12.7. The molecule has 3 aromatic heterocycles. The minimum atomic E-state index is -4.58. The van der Waals surface area contributed by atoms with Gasteiger partial charge < -0.3 is 9.63 Å². The third kappa shape index (κ3) is 3.17. The Morgan fingerprint density at radius 2 is 1.85 bits per heavy atom. The summed E-state index contributed by atoms with van der Waals surface area (Å²) in [6.07, 6.45) is -3.35. The van der Waals surface area contributed by atoms with Crippen LogP contribution in [0.3, 0.4) is 0 Å². The van der Waals surface area contributed by atoms with Crippen LogP contribution in [-0.4, -0.2) is 29.8 Å². The molecule has 0 saturated carbocycles. The van der Waals surface area contributed by atoms with Crippen LogP contribution < -0.4 is 0 Å². The molecule has 0 bridgehead atoms. The average Bonchev–Trinajstić information content (AvgIpc) is 3.23. The first-order valence-electron chi connectivity index (χ1n) is 7.18. The van der Waals surface area contributed by atoms with Crippen molar-refractivity contribution in [2.24, 2.45) is 0 Å². The van der Waals surface area contributed by atoms with Gasteiger partial charge in [-0.1, -0.05) is 28.4 Å². The zero-order valence-corrected chi connectivity index (χ0v) is 14.4. The summed E-state index contributed by atoms with van der Waals surface area (Å²) in [6.45, 7) is 0. The van der Waals surface area contributed by atoms with Crippen LogP contribution in [0.4, 0.5) is 13.2 Å². The molecule has 0 fully saturated rings. The lowest BCUT2D eigenvalue weighted by molar-refractivity contribution is -0.141. The van der Waals surface area contributed by atoms with E-state index in [1.54, 1.807) is 0 Å². The highest BCUT2D eigenvalue weighted by molar-refractivity contribution is 6.36. The molecule has 3 heterocycles. The molecule has 0 saturated heterocycles. The quantitative estimate of drug-likeness (QED) is 0.519. The Hall–Kier alpha value is -2.85. The highest BCUT2D eigenvalue weighted by Gasteiger charge is 2.33. The van der Waals surface area contributed by atoms with E-state index in [9.17, 15) is 18.3 Å². The highest BCUT2D eigenvalue weighted by Crippen LogP contribution is 2.35. The summed E-state index contributed by atoms with van der Waals surface area (Å²) in [7, 11) is 0. The van der Waals surface area contributed by atoms with E-state index in [-0.39, 0.29) is 38.9 Å². The van der Waals surface area contributed by atoms with Gasteiger partial charge in [-0.3, -0.25) is 0 Å². The summed E-state index contributed by atoms with van der Waals surface area (Å²) < 4.78 is 44.3. The SMILES string of the molecule is Oc1cc(Cl)c(-c2noc(-c3cn4nc(C(F)(F)F)ccc4n3)n2)cc1Cl. The molecule has 0 atom stereocenters. The number of rotatable bonds is 2. The van der Waals surface area contributed by atoms with Crippen LogP contribution in [-0.2, 0) is 6.18 Å². The second kappa shape index (κ2) is 6.10. The number of imidazole rings is 1. The maximum Gasteiger partial charge on any atom is 0.435 e. The average molecular weight is 416 g/mol. The standard InChI is InChI=1S/C15H6Cl2F3N5O2/c16-7-4-10(26)8(17)3-6(7)13-22-14(27-24-13)9-5-25-12(21-9)2-1-11(23-25)15(18,19)20/h1-5,26H. The van der Waals surface area contributed by atoms with Crippen LogP contribution in [0.15, 0.2) is 35.0 Å². The molecule has 0 spiro atoms. The maximum absolute atomic E-state index is 12.8. The number of benzene rings is 1. The number of fused-ring (bicyclic) bond motifs is 1. The van der Waals surface area contributed by atoms with E-state index >= 15 is 0 Å². The predicted octanol–water partition coefficient (Wildman–Crippen LogP) is 4.48. The fourth-order valence-electron chi connectivity index (χ4n) is 2.28. The minimum Gasteiger partial charge on any atom is -0.506 e. The first kappa shape index (κ1) is 17.6. The number of alkyl halides is 3. The van der Waals surface area contributed by atoms with Gasteiger partial charge in [0, 0.05) is 11.6 Å². The fraction of sp³-hybridized carbons (Fsp3) is 0.0667. The first-order valence-corrected chi connectivity index (χ1v) is 7.94. The Morgan fingerprint density at radius 3 is 2.59 bits per heavy atom. The van der Waals surface area contributed by atoms with Crippen molar-refractivity contribution in [3.05, 3.63) is 46.2 Å². The monoisotopic (exact) mass is 415 g/mol. The third-order valence-corrected chi connectivity index (χ3v) is 4.15. The van der Waals surface area contributed by atoms with Crippen LogP contribution >= 0.6 is 23.2 Å². The van der Waals surface area contributed by atoms with Gasteiger partial charge in [-0.05, 0) is 18.2 Å². The van der Waals surface area contributed by atoms with Crippen molar-refractivity contribution in [2.75, 3.05) is 0 Å². The summed E-state index contributed by atoms with van der Waals surface area (Å²) in [6, 6.07) is 4.58. The molecule has 0 aliphatic rings. The molecule has 12 heteroatoms. The van der Waals surface area contributed by atoms with Crippen LogP contribution in [0, 0.1) is 0 Å². The molecule has 4 rings (SSSR count). The Balaban J connectivity index is 1.74. The maximum atomic E-state index is 12.8. The molecule has 0 aliphatic heterocycles. The number of halogens is 5. The van der Waals surface area contributed by atoms with Crippen molar-refractivity contribution in [2.45, 2.75) is 6.18 Å². The van der Waals surface area contributed by atoms with Crippen molar-refractivity contribution in [1.29, 1.82) is 0 Å². The van der Waals surface area contributed by atoms with E-state index in [2.05, 4.69) is 20.2 Å². The fourth-order valence-corrected chi connectivity index (χ4v) is 2.69. The van der Waals surface area contributed by atoms with Gasteiger partial charge in [-0.25, -0.2) is 9.50 Å². The smallest absolute Gasteiger partial charge is 0.435 e. The number of phenols is 1. The Bertz CT molecular complexity index is 1170. The van der Waals surface area contributed by atoms with Crippen LogP contribution in [0.5, 0.6) is 5.75 Å². The molecule has 0 amide bonds. The van der Waals surface area contributed by atoms with E-state index in [4.69, 9.17) is 27.7 Å². The lowest BCUT2D eigenvalue weighted by atomic mass is 10.2. The van der Waals surface area contributed by atoms with Crippen molar-refractivity contribution in [1.82, 2.24) is 24.7 Å². The highest BCUT2D eigenvalue weighted by atomic mass is 35.5. The molecule has 0 aliphatic carbocycles. The van der Waals surface area contributed by atoms with Gasteiger partial charge in [-0.15, -0.1) is 0 Å². The number of phenolic OH excluding ortho intramolecular Hbond substituents is 1. The van der Waals surface area contributed by atoms with Gasteiger partial charge in [0.05, 0.1) is 16.2 Å². The van der Waals surface area contributed by atoms with Crippen molar-refractivity contribution in [3.8, 4) is 28.7 Å². The number of nitrogens with zero attached hydrogens (tertiary/aromatic N) is 5. The number of hydrogen-bond donors (Lipinski definition) is 1. The topological polar surface area (TPSA) is 89.3 Å². The molecule has 138 valence electrons. The van der Waals surface area contributed by atoms with Gasteiger partial charge in [-0.2, -0.15) is 23.3 Å². The van der Waals surface area contributed by atoms with E-state index in [1.165, 1.54) is 24.4 Å². The van der Waals surface area contributed by atoms with Gasteiger partial charge in [0.2, 0.25) is 5.82 Å². The predicted molar refractivity (Wildman–Crippen MR) is 88.4 cm³/mol. The molecular formula is C15H6Cl2F3N5O2. The second-order valence-corrected chi connectivity index (χ2v) is 6.17. The molecule has 0 unspecified atom stereocenters. The van der Waals surface area contributed by atoms with Crippen LogP contribution in [0.2, 0.25) is 10.0 Å².